The van der Waals surface area contributed by atoms with Crippen molar-refractivity contribution in [3.05, 3.63) is 63.9 Å². The van der Waals surface area contributed by atoms with Crippen LogP contribution < -0.4 is 5.32 Å². The SMILES string of the molecule is Cc1ccc(/C=C/C(=O)NC[C@H](c2cccs2)N2CCOCC2)cc1. The number of nitrogens with one attached hydrogen (secondary N) is 1. The molecule has 5 heteroatoms. The maximum Gasteiger partial charge on any atom is 0.244 e. The summed E-state index contributed by atoms with van der Waals surface area (Å²) in [6.45, 7) is 5.97. The Kier molecular flexibility index (Phi) is 6.39. The van der Waals surface area contributed by atoms with Gasteiger partial charge in [0.2, 0.25) is 5.91 Å². The largest absolute Gasteiger partial charge is 0.379 e. The van der Waals surface area contributed by atoms with Gasteiger partial charge in [-0.05, 0) is 30.0 Å². The molecule has 132 valence electrons. The van der Waals surface area contributed by atoms with Crippen LogP contribution in [0.2, 0.25) is 0 Å². The van der Waals surface area contributed by atoms with Crippen molar-refractivity contribution in [2.45, 2.75) is 13.0 Å². The molecule has 0 radical (unpaired) electrons. The Morgan fingerprint density at radius 2 is 2.04 bits per heavy atom. The summed E-state index contributed by atoms with van der Waals surface area (Å²) in [5.74, 6) is -0.0598. The molecule has 1 aliphatic heterocycles. The van der Waals surface area contributed by atoms with Crippen LogP contribution in [0.5, 0.6) is 0 Å². The van der Waals surface area contributed by atoms with E-state index in [0.29, 0.717) is 6.54 Å². The average Bonchev–Trinajstić information content (AvgIpc) is 3.17. The molecule has 4 nitrogen and oxygen atoms in total. The fourth-order valence-corrected chi connectivity index (χ4v) is 3.75. The summed E-state index contributed by atoms with van der Waals surface area (Å²) < 4.78 is 5.45. The van der Waals surface area contributed by atoms with Crippen molar-refractivity contribution in [2.24, 2.45) is 0 Å². The smallest absolute Gasteiger partial charge is 0.244 e. The predicted molar refractivity (Wildman–Crippen MR) is 103 cm³/mol. The van der Waals surface area contributed by atoms with E-state index in [4.69, 9.17) is 4.74 Å². The van der Waals surface area contributed by atoms with Crippen molar-refractivity contribution in [3.63, 3.8) is 0 Å². The van der Waals surface area contributed by atoms with E-state index in [0.717, 1.165) is 31.9 Å². The third-order valence-corrected chi connectivity index (χ3v) is 5.31. The van der Waals surface area contributed by atoms with Crippen LogP contribution in [0.15, 0.2) is 47.9 Å². The maximum atomic E-state index is 12.2. The second-order valence-electron chi connectivity index (χ2n) is 6.17. The lowest BCUT2D eigenvalue weighted by atomic mass is 10.1. The van der Waals surface area contributed by atoms with Gasteiger partial charge in [-0.3, -0.25) is 9.69 Å². The minimum atomic E-state index is -0.0598. The van der Waals surface area contributed by atoms with Crippen LogP contribution in [0.1, 0.15) is 22.0 Å². The van der Waals surface area contributed by atoms with Gasteiger partial charge >= 0.3 is 0 Å². The molecule has 1 atom stereocenters. The average molecular weight is 356 g/mol. The molecular weight excluding hydrogens is 332 g/mol. The monoisotopic (exact) mass is 356 g/mol. The van der Waals surface area contributed by atoms with Gasteiger partial charge in [0.1, 0.15) is 0 Å². The van der Waals surface area contributed by atoms with Gasteiger partial charge in [-0.25, -0.2) is 0 Å². The van der Waals surface area contributed by atoms with E-state index in [1.54, 1.807) is 17.4 Å². The zero-order chi connectivity index (χ0) is 17.5. The zero-order valence-corrected chi connectivity index (χ0v) is 15.3. The maximum absolute atomic E-state index is 12.2. The Bertz CT molecular complexity index is 689. The van der Waals surface area contributed by atoms with E-state index in [9.17, 15) is 4.79 Å². The summed E-state index contributed by atoms with van der Waals surface area (Å²) in [7, 11) is 0. The Morgan fingerprint density at radius 3 is 2.72 bits per heavy atom. The lowest BCUT2D eigenvalue weighted by Gasteiger charge is -2.34. The number of rotatable bonds is 6. The van der Waals surface area contributed by atoms with Gasteiger partial charge in [-0.1, -0.05) is 35.9 Å². The number of amides is 1. The Morgan fingerprint density at radius 1 is 1.28 bits per heavy atom. The van der Waals surface area contributed by atoms with Crippen molar-refractivity contribution >= 4 is 23.3 Å². The molecule has 0 saturated carbocycles. The number of hydrogen-bond acceptors (Lipinski definition) is 4. The standard InChI is InChI=1S/C20H24N2O2S/c1-16-4-6-17(7-5-16)8-9-20(23)21-15-18(19-3-2-14-25-19)22-10-12-24-13-11-22/h2-9,14,18H,10-13,15H2,1H3,(H,21,23)/b9-8+/t18-/m1/s1. The molecule has 1 saturated heterocycles. The number of nitrogens with zero attached hydrogens (tertiary/aromatic N) is 1. The highest BCUT2D eigenvalue weighted by atomic mass is 32.1. The van der Waals surface area contributed by atoms with E-state index in [2.05, 4.69) is 34.7 Å². The number of ether oxygens (including phenoxy) is 1. The fraction of sp³-hybridized carbons (Fsp3) is 0.350. The highest BCUT2D eigenvalue weighted by Gasteiger charge is 2.23. The number of carbonyl (C=O) groups excluding carboxylic acids is 1. The van der Waals surface area contributed by atoms with Crippen molar-refractivity contribution in [3.8, 4) is 0 Å². The van der Waals surface area contributed by atoms with Crippen molar-refractivity contribution < 1.29 is 9.53 Å². The molecule has 1 fully saturated rings. The Hall–Kier alpha value is -1.95. The van der Waals surface area contributed by atoms with Gasteiger partial charge in [0.25, 0.3) is 0 Å². The van der Waals surface area contributed by atoms with Crippen LogP contribution in [-0.4, -0.2) is 43.7 Å². The van der Waals surface area contributed by atoms with Gasteiger partial charge in [0, 0.05) is 30.6 Å². The molecule has 1 N–H and O–H groups in total. The van der Waals surface area contributed by atoms with Gasteiger partial charge in [-0.2, -0.15) is 0 Å². The van der Waals surface area contributed by atoms with E-state index in [1.165, 1.54) is 10.4 Å². The lowest BCUT2D eigenvalue weighted by Crippen LogP contribution is -2.43. The zero-order valence-electron chi connectivity index (χ0n) is 14.5. The molecule has 0 unspecified atom stereocenters. The molecule has 25 heavy (non-hydrogen) atoms. The number of carbonyl (C=O) groups is 1. The van der Waals surface area contributed by atoms with Crippen LogP contribution in [0.25, 0.3) is 6.08 Å². The summed E-state index contributed by atoms with van der Waals surface area (Å²) in [4.78, 5) is 15.9. The van der Waals surface area contributed by atoms with E-state index in [-0.39, 0.29) is 11.9 Å². The Labute approximate surface area is 153 Å². The first-order valence-electron chi connectivity index (χ1n) is 8.60. The normalized spacial score (nSPS) is 16.8. The topological polar surface area (TPSA) is 41.6 Å². The van der Waals surface area contributed by atoms with Gasteiger partial charge < -0.3 is 10.1 Å². The fourth-order valence-electron chi connectivity index (χ4n) is 2.89. The number of benzene rings is 1. The first-order valence-corrected chi connectivity index (χ1v) is 9.48. The van der Waals surface area contributed by atoms with Crippen LogP contribution >= 0.6 is 11.3 Å². The number of hydrogen-bond donors (Lipinski definition) is 1. The third kappa shape index (κ3) is 5.26. The minimum Gasteiger partial charge on any atom is -0.379 e. The van der Waals surface area contributed by atoms with Gasteiger partial charge in [0.05, 0.1) is 19.3 Å². The molecule has 3 rings (SSSR count). The highest BCUT2D eigenvalue weighted by molar-refractivity contribution is 7.10. The van der Waals surface area contributed by atoms with Crippen LogP contribution in [0.4, 0.5) is 0 Å². The third-order valence-electron chi connectivity index (χ3n) is 4.33. The molecule has 1 aromatic heterocycles. The van der Waals surface area contributed by atoms with Crippen molar-refractivity contribution in [2.75, 3.05) is 32.8 Å². The summed E-state index contributed by atoms with van der Waals surface area (Å²) in [6, 6.07) is 12.5. The number of aryl methyl sites for hydroxylation is 1. The number of thiophene rings is 1. The summed E-state index contributed by atoms with van der Waals surface area (Å²) in [5.41, 5.74) is 2.25. The second kappa shape index (κ2) is 8.94. The summed E-state index contributed by atoms with van der Waals surface area (Å²) in [5, 5.41) is 5.13. The van der Waals surface area contributed by atoms with Gasteiger partial charge in [0.15, 0.2) is 0 Å². The summed E-state index contributed by atoms with van der Waals surface area (Å²) >= 11 is 1.74. The molecule has 1 aromatic carbocycles. The Balaban J connectivity index is 1.58. The molecular formula is C20H24N2O2S. The first kappa shape index (κ1) is 17.9. The highest BCUT2D eigenvalue weighted by Crippen LogP contribution is 2.25. The first-order chi connectivity index (χ1) is 12.2. The van der Waals surface area contributed by atoms with Crippen LogP contribution in [-0.2, 0) is 9.53 Å². The van der Waals surface area contributed by atoms with E-state index in [1.807, 2.05) is 30.3 Å². The predicted octanol–water partition coefficient (Wildman–Crippen LogP) is 3.26. The molecule has 0 bridgehead atoms. The van der Waals surface area contributed by atoms with Crippen LogP contribution in [0.3, 0.4) is 0 Å². The quantitative estimate of drug-likeness (QED) is 0.808. The molecule has 2 aromatic rings. The molecule has 1 aliphatic rings. The minimum absolute atomic E-state index is 0.0598. The van der Waals surface area contributed by atoms with Crippen molar-refractivity contribution in [1.82, 2.24) is 10.2 Å². The molecule has 2 heterocycles. The van der Waals surface area contributed by atoms with E-state index >= 15 is 0 Å². The second-order valence-corrected chi connectivity index (χ2v) is 7.15. The lowest BCUT2D eigenvalue weighted by molar-refractivity contribution is -0.116. The van der Waals surface area contributed by atoms with Crippen molar-refractivity contribution in [1.29, 1.82) is 0 Å². The van der Waals surface area contributed by atoms with Gasteiger partial charge in [-0.15, -0.1) is 11.3 Å². The summed E-state index contributed by atoms with van der Waals surface area (Å²) in [6.07, 6.45) is 3.46. The van der Waals surface area contributed by atoms with E-state index < -0.39 is 0 Å². The van der Waals surface area contributed by atoms with Crippen LogP contribution in [0, 0.1) is 6.92 Å². The number of morpholine rings is 1. The molecule has 1 amide bonds. The molecule has 0 aliphatic carbocycles. The molecule has 0 spiro atoms.